The van der Waals surface area contributed by atoms with E-state index in [1.54, 1.807) is 0 Å². The van der Waals surface area contributed by atoms with Crippen LogP contribution in [0.1, 0.15) is 24.0 Å². The molecule has 0 unspecified atom stereocenters. The Bertz CT molecular complexity index is 748. The Labute approximate surface area is 146 Å². The van der Waals surface area contributed by atoms with Gasteiger partial charge in [-0.3, -0.25) is 9.38 Å². The van der Waals surface area contributed by atoms with E-state index >= 15 is 0 Å². The maximum absolute atomic E-state index is 3.54. The fraction of sp³-hybridized carbons (Fsp3) is 0.300. The first kappa shape index (κ1) is 15.0. The minimum Gasteiger partial charge on any atom is -0.292 e. The zero-order valence-electron chi connectivity index (χ0n) is 13.7. The zero-order chi connectivity index (χ0) is 16.0. The lowest BCUT2D eigenvalue weighted by molar-refractivity contribution is -0.845. The number of anilines is 1. The topological polar surface area (TPSA) is 3.24 Å². The van der Waals surface area contributed by atoms with Gasteiger partial charge >= 0.3 is 0 Å². The molecule has 2 aliphatic heterocycles. The lowest BCUT2D eigenvalue weighted by Crippen LogP contribution is -2.48. The third kappa shape index (κ3) is 2.43. The average molecular weight is 370 g/mol. The minimum absolute atomic E-state index is 0.521. The summed E-state index contributed by atoms with van der Waals surface area (Å²) in [4.78, 5) is 2.48. The number of nitrogens with zero attached hydrogens (tertiary/aromatic N) is 2. The van der Waals surface area contributed by atoms with E-state index in [9.17, 15) is 0 Å². The highest BCUT2D eigenvalue weighted by atomic mass is 79.9. The molecule has 3 heteroatoms. The summed E-state index contributed by atoms with van der Waals surface area (Å²) in [5.41, 5.74) is 5.39. The monoisotopic (exact) mass is 369 g/mol. The Kier molecular flexibility index (Phi) is 3.58. The molecule has 1 fully saturated rings. The van der Waals surface area contributed by atoms with Gasteiger partial charge in [-0.2, -0.15) is 0 Å². The summed E-state index contributed by atoms with van der Waals surface area (Å²) in [6.45, 7) is 3.37. The van der Waals surface area contributed by atoms with Gasteiger partial charge in [-0.1, -0.05) is 33.6 Å². The van der Waals surface area contributed by atoms with Crippen LogP contribution in [0.3, 0.4) is 0 Å². The minimum atomic E-state index is 0.521. The number of aryl methyl sites for hydroxylation is 1. The van der Waals surface area contributed by atoms with E-state index in [4.69, 9.17) is 0 Å². The van der Waals surface area contributed by atoms with Gasteiger partial charge in [0.2, 0.25) is 0 Å². The third-order valence-electron chi connectivity index (χ3n) is 5.35. The van der Waals surface area contributed by atoms with E-state index in [0.29, 0.717) is 6.17 Å². The Morgan fingerprint density at radius 3 is 2.43 bits per heavy atom. The van der Waals surface area contributed by atoms with Crippen molar-refractivity contribution in [2.24, 2.45) is 0 Å². The molecule has 0 N–H and O–H groups in total. The van der Waals surface area contributed by atoms with Gasteiger partial charge < -0.3 is 0 Å². The van der Waals surface area contributed by atoms with Crippen molar-refractivity contribution in [1.82, 2.24) is 0 Å². The molecule has 0 bridgehead atoms. The standard InChI is InChI=1S/C20H22BrN2/c1-15-5-7-16(8-6-15)19-14-22(18-11-9-17(21)10-12-18)20-4-3-13-23(19,20)2/h5-12,14,20H,3-4,13H2,1-2H3/q+1/t20-,23+/m1/s1. The molecule has 0 aliphatic carbocycles. The van der Waals surface area contributed by atoms with Gasteiger partial charge in [-0.05, 0) is 43.3 Å². The maximum atomic E-state index is 3.54. The summed E-state index contributed by atoms with van der Waals surface area (Å²) in [7, 11) is 2.39. The fourth-order valence-electron chi connectivity index (χ4n) is 4.03. The molecule has 2 nitrogen and oxygen atoms in total. The van der Waals surface area contributed by atoms with Crippen molar-refractivity contribution in [2.75, 3.05) is 18.5 Å². The van der Waals surface area contributed by atoms with Crippen LogP contribution in [0, 0.1) is 6.92 Å². The molecule has 0 amide bonds. The fourth-order valence-corrected chi connectivity index (χ4v) is 4.30. The molecule has 2 aromatic carbocycles. The highest BCUT2D eigenvalue weighted by molar-refractivity contribution is 9.10. The number of fused-ring (bicyclic) bond motifs is 1. The molecular formula is C20H22BrN2+. The normalized spacial score (nSPS) is 26.3. The molecule has 4 rings (SSSR count). The van der Waals surface area contributed by atoms with Gasteiger partial charge in [-0.25, -0.2) is 0 Å². The average Bonchev–Trinajstić information content (AvgIpc) is 3.05. The van der Waals surface area contributed by atoms with Crippen LogP contribution < -0.4 is 4.90 Å². The molecule has 23 heavy (non-hydrogen) atoms. The SMILES string of the molecule is Cc1ccc(C2=CN(c3ccc(Br)cc3)[C@H]3CCC[N@@+]23C)cc1. The van der Waals surface area contributed by atoms with Gasteiger partial charge in [0.15, 0.2) is 11.9 Å². The molecule has 2 aliphatic rings. The Balaban J connectivity index is 1.79. The first-order valence-electron chi connectivity index (χ1n) is 8.26. The van der Waals surface area contributed by atoms with Crippen molar-refractivity contribution in [3.63, 3.8) is 0 Å². The van der Waals surface area contributed by atoms with Crippen molar-refractivity contribution in [1.29, 1.82) is 0 Å². The molecule has 0 saturated carbocycles. The Hall–Kier alpha value is -1.58. The molecule has 2 heterocycles. The Morgan fingerprint density at radius 1 is 1.04 bits per heavy atom. The van der Waals surface area contributed by atoms with E-state index in [1.165, 1.54) is 41.9 Å². The molecule has 0 radical (unpaired) electrons. The second-order valence-corrected chi connectivity index (χ2v) is 7.79. The number of halogens is 1. The summed E-state index contributed by atoms with van der Waals surface area (Å²) >= 11 is 3.54. The first-order valence-corrected chi connectivity index (χ1v) is 9.06. The van der Waals surface area contributed by atoms with E-state index in [2.05, 4.69) is 89.5 Å². The van der Waals surface area contributed by atoms with E-state index in [1.807, 2.05) is 0 Å². The van der Waals surface area contributed by atoms with Crippen LogP contribution in [0.25, 0.3) is 5.70 Å². The molecule has 1 saturated heterocycles. The van der Waals surface area contributed by atoms with Gasteiger partial charge in [0.05, 0.1) is 19.8 Å². The number of hydrogen-bond acceptors (Lipinski definition) is 1. The van der Waals surface area contributed by atoms with Crippen LogP contribution in [-0.2, 0) is 0 Å². The largest absolute Gasteiger partial charge is 0.292 e. The summed E-state index contributed by atoms with van der Waals surface area (Å²) in [6.07, 6.45) is 5.43. The van der Waals surface area contributed by atoms with Crippen molar-refractivity contribution in [2.45, 2.75) is 25.9 Å². The summed E-state index contributed by atoms with van der Waals surface area (Å²) in [5.74, 6) is 0. The molecule has 2 atom stereocenters. The van der Waals surface area contributed by atoms with E-state index in [-0.39, 0.29) is 0 Å². The van der Waals surface area contributed by atoms with Crippen molar-refractivity contribution in [3.05, 3.63) is 70.3 Å². The van der Waals surface area contributed by atoms with Crippen LogP contribution in [0.5, 0.6) is 0 Å². The van der Waals surface area contributed by atoms with Crippen molar-refractivity contribution in [3.8, 4) is 0 Å². The summed E-state index contributed by atoms with van der Waals surface area (Å²) < 4.78 is 2.16. The van der Waals surface area contributed by atoms with Gasteiger partial charge in [0, 0.05) is 28.6 Å². The van der Waals surface area contributed by atoms with Gasteiger partial charge in [0.25, 0.3) is 0 Å². The van der Waals surface area contributed by atoms with Gasteiger partial charge in [0.1, 0.15) is 0 Å². The lowest BCUT2D eigenvalue weighted by atomic mass is 10.1. The lowest BCUT2D eigenvalue weighted by Gasteiger charge is -2.34. The zero-order valence-corrected chi connectivity index (χ0v) is 15.3. The van der Waals surface area contributed by atoms with Crippen LogP contribution in [0.4, 0.5) is 5.69 Å². The highest BCUT2D eigenvalue weighted by Crippen LogP contribution is 2.44. The van der Waals surface area contributed by atoms with Crippen LogP contribution >= 0.6 is 15.9 Å². The first-order chi connectivity index (χ1) is 11.1. The smallest absolute Gasteiger partial charge is 0.173 e. The number of hydrogen-bond donors (Lipinski definition) is 0. The highest BCUT2D eigenvalue weighted by Gasteiger charge is 2.50. The summed E-state index contributed by atoms with van der Waals surface area (Å²) in [6, 6.07) is 17.7. The van der Waals surface area contributed by atoms with Crippen molar-refractivity contribution < 1.29 is 4.48 Å². The second kappa shape index (κ2) is 5.50. The molecule has 2 aromatic rings. The van der Waals surface area contributed by atoms with Gasteiger partial charge in [-0.15, -0.1) is 0 Å². The molecule has 0 spiro atoms. The predicted molar refractivity (Wildman–Crippen MR) is 99.9 cm³/mol. The quantitative estimate of drug-likeness (QED) is 0.662. The second-order valence-electron chi connectivity index (χ2n) is 6.88. The molecule has 0 aromatic heterocycles. The van der Waals surface area contributed by atoms with Crippen LogP contribution in [0.15, 0.2) is 59.2 Å². The van der Waals surface area contributed by atoms with Crippen molar-refractivity contribution >= 4 is 27.3 Å². The van der Waals surface area contributed by atoms with E-state index < -0.39 is 0 Å². The summed E-state index contributed by atoms with van der Waals surface area (Å²) in [5, 5.41) is 0. The number of quaternary nitrogens is 1. The number of benzene rings is 2. The maximum Gasteiger partial charge on any atom is 0.173 e. The predicted octanol–water partition coefficient (Wildman–Crippen LogP) is 5.14. The van der Waals surface area contributed by atoms with Crippen LogP contribution in [-0.4, -0.2) is 24.2 Å². The molecular weight excluding hydrogens is 348 g/mol. The number of rotatable bonds is 2. The van der Waals surface area contributed by atoms with E-state index in [0.717, 1.165) is 8.96 Å². The van der Waals surface area contributed by atoms with Crippen LogP contribution in [0.2, 0.25) is 0 Å². The third-order valence-corrected chi connectivity index (χ3v) is 5.88. The molecule has 118 valence electrons. The Morgan fingerprint density at radius 2 is 1.74 bits per heavy atom.